The van der Waals surface area contributed by atoms with E-state index in [4.69, 9.17) is 0 Å². The van der Waals surface area contributed by atoms with Gasteiger partial charge in [-0.3, -0.25) is 20.4 Å². The molecule has 2 N–H and O–H groups in total. The summed E-state index contributed by atoms with van der Waals surface area (Å²) >= 11 is 1.36. The number of rotatable bonds is 5. The zero-order chi connectivity index (χ0) is 20.2. The van der Waals surface area contributed by atoms with Crippen LogP contribution in [0.1, 0.15) is 41.0 Å². The van der Waals surface area contributed by atoms with Gasteiger partial charge in [0, 0.05) is 18.4 Å². The largest absolute Gasteiger partial charge is 0.303 e. The Morgan fingerprint density at radius 2 is 1.86 bits per heavy atom. The second kappa shape index (κ2) is 8.75. The molecule has 1 fully saturated rings. The van der Waals surface area contributed by atoms with Crippen molar-refractivity contribution in [2.45, 2.75) is 32.6 Å². The quantitative estimate of drug-likeness (QED) is 0.633. The fourth-order valence-corrected chi connectivity index (χ4v) is 4.67. The van der Waals surface area contributed by atoms with E-state index >= 15 is 0 Å². The fraction of sp³-hybridized carbons (Fsp3) is 0.381. The number of aromatic nitrogens is 2. The molecule has 3 heterocycles. The zero-order valence-corrected chi connectivity index (χ0v) is 17.3. The van der Waals surface area contributed by atoms with E-state index in [0.717, 1.165) is 41.2 Å². The number of nitrogens with zero attached hydrogens (tertiary/aromatic N) is 3. The predicted molar refractivity (Wildman–Crippen MR) is 114 cm³/mol. The van der Waals surface area contributed by atoms with Crippen molar-refractivity contribution in [3.8, 4) is 5.69 Å². The molecule has 0 unspecified atom stereocenters. The van der Waals surface area contributed by atoms with Crippen LogP contribution in [-0.2, 0) is 4.79 Å². The summed E-state index contributed by atoms with van der Waals surface area (Å²) < 4.78 is 1.85. The van der Waals surface area contributed by atoms with Crippen molar-refractivity contribution >= 4 is 33.4 Å². The molecule has 8 heteroatoms. The van der Waals surface area contributed by atoms with E-state index in [1.54, 1.807) is 0 Å². The van der Waals surface area contributed by atoms with Gasteiger partial charge < -0.3 is 4.90 Å². The molecular weight excluding hydrogens is 386 g/mol. The Kier molecular flexibility index (Phi) is 5.92. The number of likely N-dealkylation sites (tertiary alicyclic amines) is 1. The monoisotopic (exact) mass is 411 g/mol. The molecule has 0 bridgehead atoms. The van der Waals surface area contributed by atoms with Crippen LogP contribution in [0.3, 0.4) is 0 Å². The molecule has 1 aliphatic heterocycles. The summed E-state index contributed by atoms with van der Waals surface area (Å²) in [6.07, 6.45) is 4.05. The lowest BCUT2D eigenvalue weighted by atomic mass is 10.1. The fourth-order valence-electron chi connectivity index (χ4n) is 3.60. The van der Waals surface area contributed by atoms with Gasteiger partial charge in [0.05, 0.1) is 16.3 Å². The highest BCUT2D eigenvalue weighted by atomic mass is 32.1. The average Bonchev–Trinajstić information content (AvgIpc) is 3.32. The number of fused-ring (bicyclic) bond motifs is 1. The topological polar surface area (TPSA) is 79.3 Å². The lowest BCUT2D eigenvalue weighted by Crippen LogP contribution is -2.43. The van der Waals surface area contributed by atoms with Crippen molar-refractivity contribution in [2.75, 3.05) is 19.6 Å². The minimum atomic E-state index is -0.309. The standard InChI is InChI=1S/C21H25N5O2S/c1-15-17-14-18(29-21(17)26(24-15)16-8-4-2-5-9-16)20(28)23-22-19(27)10-13-25-11-6-3-7-12-25/h2,4-5,8-9,14H,3,6-7,10-13H2,1H3,(H,22,27)(H,23,28). The van der Waals surface area contributed by atoms with Crippen molar-refractivity contribution in [3.63, 3.8) is 0 Å². The van der Waals surface area contributed by atoms with Crippen molar-refractivity contribution in [1.82, 2.24) is 25.5 Å². The summed E-state index contributed by atoms with van der Waals surface area (Å²) in [5.74, 6) is -0.479. The summed E-state index contributed by atoms with van der Waals surface area (Å²) in [6, 6.07) is 11.7. The molecule has 2 amide bonds. The smallest absolute Gasteiger partial charge is 0.279 e. The highest BCUT2D eigenvalue weighted by molar-refractivity contribution is 7.20. The van der Waals surface area contributed by atoms with Gasteiger partial charge >= 0.3 is 0 Å². The zero-order valence-electron chi connectivity index (χ0n) is 16.5. The van der Waals surface area contributed by atoms with Gasteiger partial charge in [-0.15, -0.1) is 11.3 Å². The van der Waals surface area contributed by atoms with Crippen LogP contribution in [0.2, 0.25) is 0 Å². The first-order valence-electron chi connectivity index (χ1n) is 9.98. The lowest BCUT2D eigenvalue weighted by molar-refractivity contribution is -0.122. The summed E-state index contributed by atoms with van der Waals surface area (Å²) in [6.45, 7) is 4.77. The number of thiophene rings is 1. The third kappa shape index (κ3) is 4.49. The molecule has 3 aromatic rings. The van der Waals surface area contributed by atoms with Gasteiger partial charge in [-0.05, 0) is 51.1 Å². The molecule has 0 aliphatic carbocycles. The van der Waals surface area contributed by atoms with Crippen LogP contribution in [0.15, 0.2) is 36.4 Å². The van der Waals surface area contributed by atoms with Crippen molar-refractivity contribution in [2.24, 2.45) is 0 Å². The molecule has 0 radical (unpaired) electrons. The van der Waals surface area contributed by atoms with Gasteiger partial charge in [-0.1, -0.05) is 24.6 Å². The Labute approximate surface area is 173 Å². The number of piperidine rings is 1. The second-order valence-corrected chi connectivity index (χ2v) is 8.35. The van der Waals surface area contributed by atoms with Crippen molar-refractivity contribution < 1.29 is 9.59 Å². The number of hydrogen-bond donors (Lipinski definition) is 2. The van der Waals surface area contributed by atoms with Gasteiger partial charge in [0.2, 0.25) is 5.91 Å². The van der Waals surface area contributed by atoms with E-state index in [9.17, 15) is 9.59 Å². The minimum Gasteiger partial charge on any atom is -0.303 e. The van der Waals surface area contributed by atoms with E-state index in [1.165, 1.54) is 30.6 Å². The van der Waals surface area contributed by atoms with Crippen LogP contribution in [0.5, 0.6) is 0 Å². The first-order valence-corrected chi connectivity index (χ1v) is 10.8. The Bertz CT molecular complexity index is 1000. The van der Waals surface area contributed by atoms with E-state index < -0.39 is 0 Å². The van der Waals surface area contributed by atoms with Crippen LogP contribution in [0.4, 0.5) is 0 Å². The Balaban J connectivity index is 1.38. The van der Waals surface area contributed by atoms with Crippen LogP contribution in [0.25, 0.3) is 15.9 Å². The number of carbonyl (C=O) groups excluding carboxylic acids is 2. The molecule has 7 nitrogen and oxygen atoms in total. The highest BCUT2D eigenvalue weighted by Crippen LogP contribution is 2.30. The molecule has 152 valence electrons. The maximum atomic E-state index is 12.5. The molecule has 2 aromatic heterocycles. The highest BCUT2D eigenvalue weighted by Gasteiger charge is 2.18. The first kappa shape index (κ1) is 19.6. The lowest BCUT2D eigenvalue weighted by Gasteiger charge is -2.25. The number of para-hydroxylation sites is 1. The number of amides is 2. The molecule has 1 saturated heterocycles. The minimum absolute atomic E-state index is 0.170. The molecule has 29 heavy (non-hydrogen) atoms. The van der Waals surface area contributed by atoms with Crippen LogP contribution in [-0.4, -0.2) is 46.1 Å². The Morgan fingerprint density at radius 3 is 2.62 bits per heavy atom. The number of hydrazine groups is 1. The van der Waals surface area contributed by atoms with Crippen molar-refractivity contribution in [3.05, 3.63) is 47.0 Å². The van der Waals surface area contributed by atoms with E-state index in [1.807, 2.05) is 48.0 Å². The maximum Gasteiger partial charge on any atom is 0.279 e. The molecular formula is C21H25N5O2S. The molecule has 0 atom stereocenters. The van der Waals surface area contributed by atoms with Crippen molar-refractivity contribution in [1.29, 1.82) is 0 Å². The van der Waals surface area contributed by atoms with Gasteiger partial charge in [0.1, 0.15) is 4.83 Å². The van der Waals surface area contributed by atoms with Gasteiger partial charge in [-0.2, -0.15) is 5.10 Å². The molecule has 0 spiro atoms. The van der Waals surface area contributed by atoms with Crippen LogP contribution >= 0.6 is 11.3 Å². The predicted octanol–water partition coefficient (Wildman–Crippen LogP) is 3.03. The SMILES string of the molecule is Cc1nn(-c2ccccc2)c2sc(C(=O)NNC(=O)CCN3CCCCC3)cc12. The van der Waals surface area contributed by atoms with Gasteiger partial charge in [-0.25, -0.2) is 4.68 Å². The van der Waals surface area contributed by atoms with Gasteiger partial charge in [0.15, 0.2) is 0 Å². The number of aryl methyl sites for hydroxylation is 1. The molecule has 1 aromatic carbocycles. The van der Waals surface area contributed by atoms with E-state index in [2.05, 4.69) is 20.9 Å². The summed E-state index contributed by atoms with van der Waals surface area (Å²) in [4.78, 5) is 28.4. The number of carbonyl (C=O) groups is 2. The van der Waals surface area contributed by atoms with Crippen LogP contribution in [0, 0.1) is 6.92 Å². The average molecular weight is 412 g/mol. The Morgan fingerprint density at radius 1 is 1.10 bits per heavy atom. The summed E-state index contributed by atoms with van der Waals surface area (Å²) in [7, 11) is 0. The summed E-state index contributed by atoms with van der Waals surface area (Å²) in [5.41, 5.74) is 6.89. The van der Waals surface area contributed by atoms with E-state index in [0.29, 0.717) is 11.3 Å². The molecule has 1 aliphatic rings. The second-order valence-electron chi connectivity index (χ2n) is 7.32. The number of benzene rings is 1. The number of hydrogen-bond acceptors (Lipinski definition) is 5. The first-order chi connectivity index (χ1) is 14.1. The third-order valence-electron chi connectivity index (χ3n) is 5.19. The molecule has 4 rings (SSSR count). The summed E-state index contributed by atoms with van der Waals surface area (Å²) in [5, 5.41) is 5.53. The van der Waals surface area contributed by atoms with Gasteiger partial charge in [0.25, 0.3) is 5.91 Å². The van der Waals surface area contributed by atoms with E-state index in [-0.39, 0.29) is 11.8 Å². The number of nitrogens with one attached hydrogen (secondary N) is 2. The normalized spacial score (nSPS) is 14.8. The Hall–Kier alpha value is -2.71. The van der Waals surface area contributed by atoms with Crippen LogP contribution < -0.4 is 10.9 Å². The molecule has 0 saturated carbocycles. The third-order valence-corrected chi connectivity index (χ3v) is 6.30. The maximum absolute atomic E-state index is 12.5.